The molecular formula is C15H24N2O4. The summed E-state index contributed by atoms with van der Waals surface area (Å²) < 4.78 is 0. The van der Waals surface area contributed by atoms with Gasteiger partial charge in [0.05, 0.1) is 5.92 Å². The third-order valence-corrected chi connectivity index (χ3v) is 4.27. The van der Waals surface area contributed by atoms with Crippen LogP contribution in [0.3, 0.4) is 0 Å². The number of piperidine rings is 1. The standard InChI is InChI=1S/C15H24N2O4/c1-16(8-3-5-13(18)19)14(20)12-4-2-9-17(10-12)15(21)11-6-7-11/h11-12H,2-10H2,1H3,(H,18,19). The van der Waals surface area contributed by atoms with Gasteiger partial charge in [-0.3, -0.25) is 14.4 Å². The van der Waals surface area contributed by atoms with E-state index in [1.807, 2.05) is 4.90 Å². The number of carboxylic acids is 1. The lowest BCUT2D eigenvalue weighted by molar-refractivity contribution is -0.142. The summed E-state index contributed by atoms with van der Waals surface area (Å²) in [6, 6.07) is 0. The molecule has 0 aromatic rings. The first-order valence-electron chi connectivity index (χ1n) is 7.74. The van der Waals surface area contributed by atoms with Gasteiger partial charge in [-0.1, -0.05) is 0 Å². The highest BCUT2D eigenvalue weighted by molar-refractivity contribution is 5.83. The van der Waals surface area contributed by atoms with Crippen molar-refractivity contribution < 1.29 is 19.5 Å². The molecule has 1 saturated heterocycles. The minimum Gasteiger partial charge on any atom is -0.481 e. The molecule has 0 bridgehead atoms. The van der Waals surface area contributed by atoms with Crippen LogP contribution in [0, 0.1) is 11.8 Å². The van der Waals surface area contributed by atoms with Gasteiger partial charge in [0.15, 0.2) is 0 Å². The number of likely N-dealkylation sites (tertiary alicyclic amines) is 1. The summed E-state index contributed by atoms with van der Waals surface area (Å²) in [6.07, 6.45) is 4.21. The lowest BCUT2D eigenvalue weighted by Gasteiger charge is -2.34. The summed E-state index contributed by atoms with van der Waals surface area (Å²) in [7, 11) is 1.71. The Balaban J connectivity index is 1.80. The number of amides is 2. The van der Waals surface area contributed by atoms with Crippen LogP contribution in [-0.2, 0) is 14.4 Å². The van der Waals surface area contributed by atoms with Gasteiger partial charge in [0, 0.05) is 39.0 Å². The van der Waals surface area contributed by atoms with Gasteiger partial charge in [0.2, 0.25) is 11.8 Å². The molecule has 2 aliphatic rings. The highest BCUT2D eigenvalue weighted by atomic mass is 16.4. The van der Waals surface area contributed by atoms with Crippen LogP contribution < -0.4 is 0 Å². The van der Waals surface area contributed by atoms with Gasteiger partial charge < -0.3 is 14.9 Å². The van der Waals surface area contributed by atoms with Crippen molar-refractivity contribution in [3.63, 3.8) is 0 Å². The zero-order valence-corrected chi connectivity index (χ0v) is 12.6. The molecule has 0 aromatic heterocycles. The third-order valence-electron chi connectivity index (χ3n) is 4.27. The van der Waals surface area contributed by atoms with E-state index in [1.165, 1.54) is 0 Å². The first-order chi connectivity index (χ1) is 9.99. The molecule has 1 N–H and O–H groups in total. The lowest BCUT2D eigenvalue weighted by atomic mass is 9.96. The molecule has 1 unspecified atom stereocenters. The second kappa shape index (κ2) is 6.91. The molecule has 21 heavy (non-hydrogen) atoms. The lowest BCUT2D eigenvalue weighted by Crippen LogP contribution is -2.46. The van der Waals surface area contributed by atoms with Crippen LogP contribution >= 0.6 is 0 Å². The maximum Gasteiger partial charge on any atom is 0.303 e. The van der Waals surface area contributed by atoms with Crippen molar-refractivity contribution >= 4 is 17.8 Å². The fourth-order valence-electron chi connectivity index (χ4n) is 2.86. The zero-order chi connectivity index (χ0) is 15.4. The Morgan fingerprint density at radius 3 is 2.52 bits per heavy atom. The van der Waals surface area contributed by atoms with Crippen molar-refractivity contribution in [2.75, 3.05) is 26.7 Å². The van der Waals surface area contributed by atoms with Gasteiger partial charge in [0.25, 0.3) is 0 Å². The molecule has 1 saturated carbocycles. The molecule has 6 heteroatoms. The van der Waals surface area contributed by atoms with Gasteiger partial charge in [-0.2, -0.15) is 0 Å². The highest BCUT2D eigenvalue weighted by Crippen LogP contribution is 2.32. The first kappa shape index (κ1) is 15.8. The molecule has 1 atom stereocenters. The van der Waals surface area contributed by atoms with Crippen LogP contribution in [0.1, 0.15) is 38.5 Å². The normalized spacial score (nSPS) is 22.0. The van der Waals surface area contributed by atoms with E-state index in [0.717, 1.165) is 32.2 Å². The molecule has 118 valence electrons. The minimum atomic E-state index is -0.838. The zero-order valence-electron chi connectivity index (χ0n) is 12.6. The van der Waals surface area contributed by atoms with E-state index in [1.54, 1.807) is 11.9 Å². The third kappa shape index (κ3) is 4.44. The Labute approximate surface area is 125 Å². The van der Waals surface area contributed by atoms with E-state index < -0.39 is 5.97 Å². The van der Waals surface area contributed by atoms with Crippen molar-refractivity contribution in [2.45, 2.75) is 38.5 Å². The van der Waals surface area contributed by atoms with Gasteiger partial charge in [-0.15, -0.1) is 0 Å². The van der Waals surface area contributed by atoms with Crippen molar-refractivity contribution in [3.05, 3.63) is 0 Å². The Morgan fingerprint density at radius 1 is 1.19 bits per heavy atom. The maximum atomic E-state index is 12.4. The number of carbonyl (C=O) groups excluding carboxylic acids is 2. The van der Waals surface area contributed by atoms with Gasteiger partial charge in [0.1, 0.15) is 0 Å². The van der Waals surface area contributed by atoms with Crippen molar-refractivity contribution in [1.29, 1.82) is 0 Å². The molecule has 0 spiro atoms. The Morgan fingerprint density at radius 2 is 1.90 bits per heavy atom. The van der Waals surface area contributed by atoms with E-state index in [2.05, 4.69) is 0 Å². The van der Waals surface area contributed by atoms with Crippen LogP contribution in [0.4, 0.5) is 0 Å². The Hall–Kier alpha value is -1.59. The molecule has 0 radical (unpaired) electrons. The van der Waals surface area contributed by atoms with E-state index in [-0.39, 0.29) is 30.1 Å². The number of hydrogen-bond acceptors (Lipinski definition) is 3. The molecule has 1 aliphatic heterocycles. The molecule has 0 aromatic carbocycles. The second-order valence-corrected chi connectivity index (χ2v) is 6.15. The molecular weight excluding hydrogens is 272 g/mol. The summed E-state index contributed by atoms with van der Waals surface area (Å²) in [6.45, 7) is 1.75. The second-order valence-electron chi connectivity index (χ2n) is 6.15. The molecule has 2 fully saturated rings. The average molecular weight is 296 g/mol. The molecule has 6 nitrogen and oxygen atoms in total. The summed E-state index contributed by atoms with van der Waals surface area (Å²) in [5.41, 5.74) is 0. The van der Waals surface area contributed by atoms with E-state index >= 15 is 0 Å². The molecule has 1 heterocycles. The predicted octanol–water partition coefficient (Wildman–Crippen LogP) is 0.958. The van der Waals surface area contributed by atoms with E-state index in [0.29, 0.717) is 19.5 Å². The minimum absolute atomic E-state index is 0.0358. The fraction of sp³-hybridized carbons (Fsp3) is 0.800. The summed E-state index contributed by atoms with van der Waals surface area (Å²) in [4.78, 5) is 38.4. The number of hydrogen-bond donors (Lipinski definition) is 1. The fourth-order valence-corrected chi connectivity index (χ4v) is 2.86. The van der Waals surface area contributed by atoms with E-state index in [4.69, 9.17) is 5.11 Å². The van der Waals surface area contributed by atoms with Crippen LogP contribution in [-0.4, -0.2) is 59.4 Å². The summed E-state index contributed by atoms with van der Waals surface area (Å²) in [5, 5.41) is 8.62. The number of rotatable bonds is 6. The summed E-state index contributed by atoms with van der Waals surface area (Å²) >= 11 is 0. The molecule has 2 amide bonds. The highest BCUT2D eigenvalue weighted by Gasteiger charge is 2.37. The maximum absolute atomic E-state index is 12.4. The Bertz CT molecular complexity index is 420. The molecule has 1 aliphatic carbocycles. The average Bonchev–Trinajstić information content (AvgIpc) is 3.30. The Kier molecular flexibility index (Phi) is 5.20. The van der Waals surface area contributed by atoms with Gasteiger partial charge >= 0.3 is 5.97 Å². The first-order valence-corrected chi connectivity index (χ1v) is 7.74. The van der Waals surface area contributed by atoms with E-state index in [9.17, 15) is 14.4 Å². The predicted molar refractivity (Wildman–Crippen MR) is 76.5 cm³/mol. The van der Waals surface area contributed by atoms with Crippen molar-refractivity contribution in [3.8, 4) is 0 Å². The largest absolute Gasteiger partial charge is 0.481 e. The van der Waals surface area contributed by atoms with Crippen LogP contribution in [0.5, 0.6) is 0 Å². The van der Waals surface area contributed by atoms with Crippen LogP contribution in [0.2, 0.25) is 0 Å². The number of nitrogens with zero attached hydrogens (tertiary/aromatic N) is 2. The van der Waals surface area contributed by atoms with Crippen LogP contribution in [0.15, 0.2) is 0 Å². The number of carboxylic acid groups (broad SMARTS) is 1. The monoisotopic (exact) mass is 296 g/mol. The smallest absolute Gasteiger partial charge is 0.303 e. The summed E-state index contributed by atoms with van der Waals surface area (Å²) in [5.74, 6) is -0.520. The van der Waals surface area contributed by atoms with Gasteiger partial charge in [-0.25, -0.2) is 0 Å². The van der Waals surface area contributed by atoms with Crippen molar-refractivity contribution in [1.82, 2.24) is 9.80 Å². The van der Waals surface area contributed by atoms with Crippen molar-refractivity contribution in [2.24, 2.45) is 11.8 Å². The molecule has 2 rings (SSSR count). The SMILES string of the molecule is CN(CCCC(=O)O)C(=O)C1CCCN(C(=O)C2CC2)C1. The topological polar surface area (TPSA) is 77.9 Å². The number of carbonyl (C=O) groups is 3. The van der Waals surface area contributed by atoms with Gasteiger partial charge in [-0.05, 0) is 32.1 Å². The quantitative estimate of drug-likeness (QED) is 0.792. The van der Waals surface area contributed by atoms with Crippen LogP contribution in [0.25, 0.3) is 0 Å². The number of aliphatic carboxylic acids is 1.